The zero-order valence-electron chi connectivity index (χ0n) is 13.2. The van der Waals surface area contributed by atoms with Gasteiger partial charge in [0.1, 0.15) is 18.2 Å². The van der Waals surface area contributed by atoms with Gasteiger partial charge in [-0.05, 0) is 25.0 Å². The topological polar surface area (TPSA) is 50.0 Å². The summed E-state index contributed by atoms with van der Waals surface area (Å²) in [6.07, 6.45) is 1.22. The van der Waals surface area contributed by atoms with Crippen LogP contribution >= 0.6 is 0 Å². The molecule has 0 bridgehead atoms. The van der Waals surface area contributed by atoms with E-state index in [-0.39, 0.29) is 18.4 Å². The fourth-order valence-electron chi connectivity index (χ4n) is 2.63. The van der Waals surface area contributed by atoms with E-state index < -0.39 is 5.82 Å². The Morgan fingerprint density at radius 2 is 2.08 bits per heavy atom. The molecule has 0 atom stereocenters. The molecule has 5 nitrogen and oxygen atoms in total. The van der Waals surface area contributed by atoms with Gasteiger partial charge in [0.2, 0.25) is 5.88 Å². The number of ether oxygens (including phenoxy) is 1. The quantitative estimate of drug-likeness (QED) is 0.875. The second-order valence-electron chi connectivity index (χ2n) is 5.73. The van der Waals surface area contributed by atoms with Crippen molar-refractivity contribution in [2.75, 3.05) is 18.0 Å². The van der Waals surface area contributed by atoms with E-state index in [2.05, 4.69) is 14.7 Å². The van der Waals surface area contributed by atoms with Crippen molar-refractivity contribution < 1.29 is 14.2 Å². The molecule has 0 amide bonds. The maximum Gasteiger partial charge on any atom is 0.215 e. The summed E-state index contributed by atoms with van der Waals surface area (Å²) in [4.78, 5) is 9.75. The number of piperidine rings is 1. The lowest BCUT2D eigenvalue weighted by atomic mass is 10.1. The molecule has 2 heterocycles. The summed E-state index contributed by atoms with van der Waals surface area (Å²) < 4.78 is 19.5. The maximum absolute atomic E-state index is 13.9. The van der Waals surface area contributed by atoms with Crippen LogP contribution in [0, 0.1) is 12.4 Å². The molecule has 0 unspecified atom stereocenters. The third-order valence-corrected chi connectivity index (χ3v) is 4.04. The molecule has 6 heteroatoms. The van der Waals surface area contributed by atoms with Crippen LogP contribution in [0.3, 0.4) is 0 Å². The third-order valence-electron chi connectivity index (χ3n) is 4.04. The normalized spacial score (nSPS) is 15.1. The second-order valence-corrected chi connectivity index (χ2v) is 5.73. The summed E-state index contributed by atoms with van der Waals surface area (Å²) in [5.41, 5.74) is 0.652. The number of benzene rings is 1. The number of aliphatic hydroxyl groups is 1. The van der Waals surface area contributed by atoms with Gasteiger partial charge in [0.15, 0.2) is 5.69 Å². The molecule has 0 spiro atoms. The lowest BCUT2D eigenvalue weighted by Crippen LogP contribution is -2.36. The lowest BCUT2D eigenvalue weighted by Gasteiger charge is -2.30. The first-order chi connectivity index (χ1) is 11.7. The summed E-state index contributed by atoms with van der Waals surface area (Å²) in [6, 6.07) is 9.80. The third kappa shape index (κ3) is 3.81. The van der Waals surface area contributed by atoms with Crippen LogP contribution in [0.4, 0.5) is 15.9 Å². The van der Waals surface area contributed by atoms with Crippen molar-refractivity contribution >= 4 is 11.5 Å². The highest BCUT2D eigenvalue weighted by Gasteiger charge is 2.18. The van der Waals surface area contributed by atoms with E-state index in [1.54, 1.807) is 18.2 Å². The van der Waals surface area contributed by atoms with Crippen molar-refractivity contribution in [2.24, 2.45) is 0 Å². The summed E-state index contributed by atoms with van der Waals surface area (Å²) >= 11 is 0. The molecule has 0 aliphatic carbocycles. The minimum atomic E-state index is -0.454. The van der Waals surface area contributed by atoms with Crippen molar-refractivity contribution in [1.82, 2.24) is 4.98 Å². The Balaban J connectivity index is 1.66. The number of hydrogen-bond acceptors (Lipinski definition) is 4. The number of anilines is 1. The zero-order valence-corrected chi connectivity index (χ0v) is 13.2. The smallest absolute Gasteiger partial charge is 0.215 e. The Kier molecular flexibility index (Phi) is 4.92. The van der Waals surface area contributed by atoms with E-state index in [1.807, 2.05) is 12.1 Å². The van der Waals surface area contributed by atoms with Crippen LogP contribution in [0.5, 0.6) is 5.88 Å². The van der Waals surface area contributed by atoms with Gasteiger partial charge in [-0.3, -0.25) is 0 Å². The fourth-order valence-corrected chi connectivity index (χ4v) is 2.63. The maximum atomic E-state index is 13.9. The number of aromatic nitrogens is 1. The van der Waals surface area contributed by atoms with Gasteiger partial charge in [-0.25, -0.2) is 9.24 Å². The molecular formula is C18H18FN3O2. The molecular weight excluding hydrogens is 309 g/mol. The summed E-state index contributed by atoms with van der Waals surface area (Å²) in [5.74, 6) is 0.764. The molecule has 0 saturated carbocycles. The molecule has 1 N–H and O–H groups in total. The zero-order chi connectivity index (χ0) is 16.9. The number of hydrogen-bond donors (Lipinski definition) is 1. The van der Waals surface area contributed by atoms with Crippen molar-refractivity contribution in [3.05, 3.63) is 59.2 Å². The van der Waals surface area contributed by atoms with Gasteiger partial charge in [-0.15, -0.1) is 0 Å². The molecule has 1 aromatic heterocycles. The van der Waals surface area contributed by atoms with Crippen molar-refractivity contribution in [3.8, 4) is 5.88 Å². The highest BCUT2D eigenvalue weighted by molar-refractivity contribution is 5.46. The molecule has 3 rings (SSSR count). The molecule has 1 fully saturated rings. The number of halogens is 1. The van der Waals surface area contributed by atoms with Crippen LogP contribution in [0.15, 0.2) is 36.4 Å². The summed E-state index contributed by atoms with van der Waals surface area (Å²) in [6.45, 7) is 8.44. The van der Waals surface area contributed by atoms with E-state index >= 15 is 0 Å². The lowest BCUT2D eigenvalue weighted by molar-refractivity contribution is 0.145. The Labute approximate surface area is 140 Å². The highest BCUT2D eigenvalue weighted by Crippen LogP contribution is 2.22. The number of pyridine rings is 1. The Bertz CT molecular complexity index is 752. The van der Waals surface area contributed by atoms with Gasteiger partial charge < -0.3 is 14.7 Å². The van der Waals surface area contributed by atoms with Crippen LogP contribution in [0.1, 0.15) is 18.4 Å². The van der Waals surface area contributed by atoms with Crippen molar-refractivity contribution in [2.45, 2.75) is 25.6 Å². The number of aliphatic hydroxyl groups excluding tert-OH is 1. The summed E-state index contributed by atoms with van der Waals surface area (Å²) in [7, 11) is 0. The first-order valence-corrected chi connectivity index (χ1v) is 7.84. The van der Waals surface area contributed by atoms with Gasteiger partial charge in [0, 0.05) is 24.7 Å². The van der Waals surface area contributed by atoms with E-state index in [9.17, 15) is 9.50 Å². The van der Waals surface area contributed by atoms with Gasteiger partial charge in [-0.1, -0.05) is 18.2 Å². The molecule has 2 aromatic rings. The monoisotopic (exact) mass is 327 g/mol. The van der Waals surface area contributed by atoms with Crippen LogP contribution in [-0.4, -0.2) is 29.3 Å². The Hall–Kier alpha value is -2.65. The standard InChI is InChI=1S/C18H18FN3O2/c1-20-14-6-5-13(16(19)11-14)12-24-18-4-2-3-17(21-18)22-9-7-15(23)8-10-22/h2-6,11,15,23H,7-10,12H2. The minimum absolute atomic E-state index is 0.0548. The molecule has 124 valence electrons. The molecule has 1 saturated heterocycles. The molecule has 24 heavy (non-hydrogen) atoms. The Morgan fingerprint density at radius 1 is 1.29 bits per heavy atom. The van der Waals surface area contributed by atoms with E-state index in [0.717, 1.165) is 31.7 Å². The SMILES string of the molecule is [C-]#[N+]c1ccc(COc2cccc(N3CCC(O)CC3)n2)c(F)c1. The molecule has 1 aliphatic heterocycles. The largest absolute Gasteiger partial charge is 0.473 e. The number of rotatable bonds is 4. The van der Waals surface area contributed by atoms with Crippen molar-refractivity contribution in [1.29, 1.82) is 0 Å². The molecule has 1 aromatic carbocycles. The van der Waals surface area contributed by atoms with E-state index in [4.69, 9.17) is 11.3 Å². The molecule has 0 radical (unpaired) electrons. The van der Waals surface area contributed by atoms with E-state index in [1.165, 1.54) is 6.07 Å². The minimum Gasteiger partial charge on any atom is -0.473 e. The average molecular weight is 327 g/mol. The first-order valence-electron chi connectivity index (χ1n) is 7.84. The first kappa shape index (κ1) is 16.2. The van der Waals surface area contributed by atoms with Gasteiger partial charge in [-0.2, -0.15) is 4.98 Å². The van der Waals surface area contributed by atoms with Gasteiger partial charge >= 0.3 is 0 Å². The number of nitrogens with zero attached hydrogens (tertiary/aromatic N) is 3. The highest BCUT2D eigenvalue weighted by atomic mass is 19.1. The average Bonchev–Trinajstić information content (AvgIpc) is 2.61. The second kappa shape index (κ2) is 7.28. The predicted molar refractivity (Wildman–Crippen MR) is 88.7 cm³/mol. The van der Waals surface area contributed by atoms with Crippen molar-refractivity contribution in [3.63, 3.8) is 0 Å². The van der Waals surface area contributed by atoms with Crippen LogP contribution in [0.25, 0.3) is 4.85 Å². The fraction of sp³-hybridized carbons (Fsp3) is 0.333. The summed E-state index contributed by atoms with van der Waals surface area (Å²) in [5, 5.41) is 9.58. The van der Waals surface area contributed by atoms with Gasteiger partial charge in [0.25, 0.3) is 0 Å². The predicted octanol–water partition coefficient (Wildman–Crippen LogP) is 3.31. The van der Waals surface area contributed by atoms with Crippen LogP contribution in [0.2, 0.25) is 0 Å². The van der Waals surface area contributed by atoms with Crippen LogP contribution in [-0.2, 0) is 6.61 Å². The molecule has 1 aliphatic rings. The van der Waals surface area contributed by atoms with Gasteiger partial charge in [0.05, 0.1) is 12.7 Å². The van der Waals surface area contributed by atoms with E-state index in [0.29, 0.717) is 11.4 Å². The van der Waals surface area contributed by atoms with Crippen LogP contribution < -0.4 is 9.64 Å². The Morgan fingerprint density at radius 3 is 2.79 bits per heavy atom.